The molecule has 2 amide bonds. The minimum absolute atomic E-state index is 0.178. The number of aryl methyl sites for hydroxylation is 2. The molecule has 0 aliphatic carbocycles. The van der Waals surface area contributed by atoms with E-state index in [1.807, 2.05) is 44.2 Å². The van der Waals surface area contributed by atoms with Crippen LogP contribution in [0.15, 0.2) is 30.3 Å². The molecule has 23 heavy (non-hydrogen) atoms. The van der Waals surface area contributed by atoms with Crippen molar-refractivity contribution >= 4 is 11.8 Å². The van der Waals surface area contributed by atoms with Crippen molar-refractivity contribution in [3.05, 3.63) is 52.8 Å². The van der Waals surface area contributed by atoms with Gasteiger partial charge in [-0.15, -0.1) is 0 Å². The lowest BCUT2D eigenvalue weighted by atomic mass is 10.1. The van der Waals surface area contributed by atoms with Crippen LogP contribution in [0.2, 0.25) is 0 Å². The summed E-state index contributed by atoms with van der Waals surface area (Å²) in [4.78, 5) is 24.2. The van der Waals surface area contributed by atoms with Gasteiger partial charge in [-0.25, -0.2) is 0 Å². The molecule has 6 heteroatoms. The van der Waals surface area contributed by atoms with E-state index < -0.39 is 6.04 Å². The molecule has 1 aromatic carbocycles. The Morgan fingerprint density at radius 1 is 1.22 bits per heavy atom. The fourth-order valence-corrected chi connectivity index (χ4v) is 2.33. The van der Waals surface area contributed by atoms with E-state index in [0.717, 1.165) is 22.5 Å². The molecule has 122 valence electrons. The third-order valence-electron chi connectivity index (χ3n) is 3.89. The Morgan fingerprint density at radius 3 is 2.48 bits per heavy atom. The van der Waals surface area contributed by atoms with Crippen LogP contribution < -0.4 is 10.6 Å². The van der Waals surface area contributed by atoms with Crippen molar-refractivity contribution in [3.63, 3.8) is 0 Å². The van der Waals surface area contributed by atoms with E-state index >= 15 is 0 Å². The first-order chi connectivity index (χ1) is 11.0. The zero-order valence-electron chi connectivity index (χ0n) is 13.6. The van der Waals surface area contributed by atoms with Gasteiger partial charge >= 0.3 is 0 Å². The van der Waals surface area contributed by atoms with Gasteiger partial charge in [-0.05, 0) is 25.0 Å². The van der Waals surface area contributed by atoms with Gasteiger partial charge in [-0.3, -0.25) is 14.7 Å². The average Bonchev–Trinajstić information content (AvgIpc) is 2.89. The quantitative estimate of drug-likeness (QED) is 0.756. The van der Waals surface area contributed by atoms with Gasteiger partial charge in [0.1, 0.15) is 6.04 Å². The number of aromatic nitrogens is 2. The van der Waals surface area contributed by atoms with Crippen LogP contribution in [0.3, 0.4) is 0 Å². The molecular weight excluding hydrogens is 292 g/mol. The highest BCUT2D eigenvalue weighted by atomic mass is 16.2. The molecule has 3 N–H and O–H groups in total. The van der Waals surface area contributed by atoms with E-state index in [2.05, 4.69) is 20.8 Å². The van der Waals surface area contributed by atoms with Crippen molar-refractivity contribution in [2.45, 2.75) is 32.7 Å². The van der Waals surface area contributed by atoms with E-state index in [1.165, 1.54) is 0 Å². The second-order valence-corrected chi connectivity index (χ2v) is 5.45. The predicted molar refractivity (Wildman–Crippen MR) is 87.8 cm³/mol. The van der Waals surface area contributed by atoms with Crippen LogP contribution in [0.5, 0.6) is 0 Å². The molecule has 0 unspecified atom stereocenters. The molecule has 1 aromatic heterocycles. The second-order valence-electron chi connectivity index (χ2n) is 5.45. The summed E-state index contributed by atoms with van der Waals surface area (Å²) in [6, 6.07) is 8.51. The molecule has 0 saturated heterocycles. The third kappa shape index (κ3) is 4.18. The number of hydrogen-bond donors (Lipinski definition) is 3. The average molecular weight is 314 g/mol. The minimum Gasteiger partial charge on any atom is -0.357 e. The molecule has 0 radical (unpaired) electrons. The SMILES string of the molecule is CNC(=O)[C@@H](NC(=O)CCc1n[nH]c(C)c1C)c1ccccc1. The van der Waals surface area contributed by atoms with Gasteiger partial charge < -0.3 is 10.6 Å². The molecule has 1 atom stereocenters. The number of carbonyl (C=O) groups is 2. The van der Waals surface area contributed by atoms with Gasteiger partial charge in [-0.2, -0.15) is 5.10 Å². The van der Waals surface area contributed by atoms with E-state index in [1.54, 1.807) is 7.05 Å². The maximum atomic E-state index is 12.2. The molecule has 0 bridgehead atoms. The number of likely N-dealkylation sites (N-methyl/N-ethyl adjacent to an activating group) is 1. The molecule has 0 saturated carbocycles. The van der Waals surface area contributed by atoms with Crippen LogP contribution in [0.4, 0.5) is 0 Å². The summed E-state index contributed by atoms with van der Waals surface area (Å²) in [6.07, 6.45) is 0.822. The van der Waals surface area contributed by atoms with Gasteiger partial charge in [0.05, 0.1) is 5.69 Å². The first kappa shape index (κ1) is 16.7. The Hall–Kier alpha value is -2.63. The molecule has 2 aromatic rings. The van der Waals surface area contributed by atoms with Crippen molar-refractivity contribution < 1.29 is 9.59 Å². The zero-order valence-corrected chi connectivity index (χ0v) is 13.6. The summed E-state index contributed by atoms with van der Waals surface area (Å²) in [5.74, 6) is -0.418. The number of nitrogens with one attached hydrogen (secondary N) is 3. The maximum Gasteiger partial charge on any atom is 0.246 e. The predicted octanol–water partition coefficient (Wildman–Crippen LogP) is 1.56. The summed E-state index contributed by atoms with van der Waals surface area (Å²) < 4.78 is 0. The van der Waals surface area contributed by atoms with Crippen LogP contribution in [0, 0.1) is 13.8 Å². The number of benzene rings is 1. The lowest BCUT2D eigenvalue weighted by molar-refractivity contribution is -0.128. The molecule has 0 aliphatic rings. The lowest BCUT2D eigenvalue weighted by Crippen LogP contribution is -2.39. The molecule has 0 fully saturated rings. The minimum atomic E-state index is -0.685. The Kier molecular flexibility index (Phi) is 5.51. The van der Waals surface area contributed by atoms with Crippen LogP contribution >= 0.6 is 0 Å². The van der Waals surface area contributed by atoms with Gasteiger partial charge in [-0.1, -0.05) is 30.3 Å². The number of rotatable bonds is 6. The van der Waals surface area contributed by atoms with Crippen molar-refractivity contribution in [2.24, 2.45) is 0 Å². The first-order valence-electron chi connectivity index (χ1n) is 7.59. The molecule has 0 spiro atoms. The highest BCUT2D eigenvalue weighted by Crippen LogP contribution is 2.14. The smallest absolute Gasteiger partial charge is 0.246 e. The summed E-state index contributed by atoms with van der Waals surface area (Å²) in [7, 11) is 1.56. The van der Waals surface area contributed by atoms with Gasteiger partial charge in [0.25, 0.3) is 0 Å². The van der Waals surface area contributed by atoms with E-state index in [0.29, 0.717) is 6.42 Å². The Bertz CT molecular complexity index is 679. The summed E-state index contributed by atoms with van der Waals surface area (Å²) in [5, 5.41) is 12.5. The van der Waals surface area contributed by atoms with Gasteiger partial charge in [0.15, 0.2) is 0 Å². The zero-order chi connectivity index (χ0) is 16.8. The number of H-pyrrole nitrogens is 1. The normalized spacial score (nSPS) is 11.8. The second kappa shape index (κ2) is 7.58. The van der Waals surface area contributed by atoms with Crippen molar-refractivity contribution in [3.8, 4) is 0 Å². The topological polar surface area (TPSA) is 86.9 Å². The highest BCUT2D eigenvalue weighted by molar-refractivity contribution is 5.88. The first-order valence-corrected chi connectivity index (χ1v) is 7.59. The van der Waals surface area contributed by atoms with E-state index in [-0.39, 0.29) is 18.2 Å². The fourth-order valence-electron chi connectivity index (χ4n) is 2.33. The number of nitrogens with zero attached hydrogens (tertiary/aromatic N) is 1. The molecule has 1 heterocycles. The summed E-state index contributed by atoms with van der Waals surface area (Å²) in [5.41, 5.74) is 3.72. The summed E-state index contributed by atoms with van der Waals surface area (Å²) in [6.45, 7) is 3.92. The standard InChI is InChI=1S/C17H22N4O2/c1-11-12(2)20-21-14(11)9-10-15(22)19-16(17(23)18-3)13-7-5-4-6-8-13/h4-8,16H,9-10H2,1-3H3,(H,18,23)(H,19,22)(H,20,21)/t16-/m0/s1. The van der Waals surface area contributed by atoms with Crippen LogP contribution in [0.1, 0.15) is 35.0 Å². The number of amides is 2. The van der Waals surface area contributed by atoms with Gasteiger partial charge in [0.2, 0.25) is 11.8 Å². The Labute approximate surface area is 135 Å². The van der Waals surface area contributed by atoms with Crippen molar-refractivity contribution in [1.29, 1.82) is 0 Å². The number of hydrogen-bond acceptors (Lipinski definition) is 3. The van der Waals surface area contributed by atoms with Crippen molar-refractivity contribution in [2.75, 3.05) is 7.05 Å². The Balaban J connectivity index is 2.00. The fraction of sp³-hybridized carbons (Fsp3) is 0.353. The number of aromatic amines is 1. The Morgan fingerprint density at radius 2 is 1.91 bits per heavy atom. The van der Waals surface area contributed by atoms with Crippen molar-refractivity contribution in [1.82, 2.24) is 20.8 Å². The monoisotopic (exact) mass is 314 g/mol. The van der Waals surface area contributed by atoms with E-state index in [9.17, 15) is 9.59 Å². The summed E-state index contributed by atoms with van der Waals surface area (Å²) >= 11 is 0. The maximum absolute atomic E-state index is 12.2. The van der Waals surface area contributed by atoms with Gasteiger partial charge in [0, 0.05) is 25.6 Å². The van der Waals surface area contributed by atoms with E-state index in [4.69, 9.17) is 0 Å². The van der Waals surface area contributed by atoms with Crippen LogP contribution in [0.25, 0.3) is 0 Å². The van der Waals surface area contributed by atoms with Crippen LogP contribution in [-0.4, -0.2) is 29.1 Å². The molecule has 0 aliphatic heterocycles. The lowest BCUT2D eigenvalue weighted by Gasteiger charge is -2.17. The molecule has 2 rings (SSSR count). The molecular formula is C17H22N4O2. The van der Waals surface area contributed by atoms with Crippen LogP contribution in [-0.2, 0) is 16.0 Å². The molecule has 6 nitrogen and oxygen atoms in total. The number of carbonyl (C=O) groups excluding carboxylic acids is 2. The highest BCUT2D eigenvalue weighted by Gasteiger charge is 2.21. The third-order valence-corrected chi connectivity index (χ3v) is 3.89. The largest absolute Gasteiger partial charge is 0.357 e.